The first-order valence-electron chi connectivity index (χ1n) is 7.25. The van der Waals surface area contributed by atoms with Crippen LogP contribution in [0.15, 0.2) is 30.5 Å². The Hall–Kier alpha value is -1.28. The number of ether oxygens (including phenoxy) is 1. The maximum atomic E-state index is 5.73. The Kier molecular flexibility index (Phi) is 3.14. The zero-order valence-electron chi connectivity index (χ0n) is 12.1. The van der Waals surface area contributed by atoms with E-state index in [2.05, 4.69) is 55.8 Å². The zero-order chi connectivity index (χ0) is 13.5. The van der Waals surface area contributed by atoms with Crippen LogP contribution in [0.3, 0.4) is 0 Å². The van der Waals surface area contributed by atoms with E-state index in [9.17, 15) is 0 Å². The summed E-state index contributed by atoms with van der Waals surface area (Å²) >= 11 is 0. The quantitative estimate of drug-likeness (QED) is 0.789. The van der Waals surface area contributed by atoms with E-state index in [0.717, 1.165) is 13.2 Å². The van der Waals surface area contributed by atoms with Crippen molar-refractivity contribution in [1.29, 1.82) is 0 Å². The van der Waals surface area contributed by atoms with E-state index in [0.29, 0.717) is 6.10 Å². The van der Waals surface area contributed by atoms with Crippen molar-refractivity contribution in [3.05, 3.63) is 36.0 Å². The molecule has 0 radical (unpaired) electrons. The van der Waals surface area contributed by atoms with E-state index in [1.165, 1.54) is 29.3 Å². The molecular formula is C17H23NO. The number of nitrogens with zero attached hydrogens (tertiary/aromatic N) is 1. The van der Waals surface area contributed by atoms with Gasteiger partial charge in [-0.15, -0.1) is 0 Å². The summed E-state index contributed by atoms with van der Waals surface area (Å²) in [4.78, 5) is 0. The average molecular weight is 257 g/mol. The minimum Gasteiger partial charge on any atom is -0.376 e. The molecule has 1 aromatic heterocycles. The Morgan fingerprint density at radius 1 is 1.26 bits per heavy atom. The third-order valence-electron chi connectivity index (χ3n) is 4.06. The predicted octanol–water partition coefficient (Wildman–Crippen LogP) is 4.12. The van der Waals surface area contributed by atoms with E-state index < -0.39 is 0 Å². The molecule has 102 valence electrons. The molecule has 2 nitrogen and oxygen atoms in total. The number of hydrogen-bond acceptors (Lipinski definition) is 1. The Bertz CT molecular complexity index is 570. The topological polar surface area (TPSA) is 14.2 Å². The first-order chi connectivity index (χ1) is 9.04. The molecule has 1 aromatic carbocycles. The monoisotopic (exact) mass is 257 g/mol. The molecular weight excluding hydrogens is 234 g/mol. The fraction of sp³-hybridized carbons (Fsp3) is 0.529. The van der Waals surface area contributed by atoms with Crippen LogP contribution in [0, 0.1) is 0 Å². The SMILES string of the molecule is CC(C)(C)c1ccc2c(ccn2CC2CCCO2)c1. The van der Waals surface area contributed by atoms with E-state index >= 15 is 0 Å². The highest BCUT2D eigenvalue weighted by molar-refractivity contribution is 5.81. The van der Waals surface area contributed by atoms with Crippen LogP contribution in [0.5, 0.6) is 0 Å². The predicted molar refractivity (Wildman–Crippen MR) is 79.6 cm³/mol. The molecule has 1 fully saturated rings. The van der Waals surface area contributed by atoms with Gasteiger partial charge >= 0.3 is 0 Å². The van der Waals surface area contributed by atoms with Crippen molar-refractivity contribution >= 4 is 10.9 Å². The molecule has 2 aromatic rings. The van der Waals surface area contributed by atoms with Crippen LogP contribution in [-0.2, 0) is 16.7 Å². The molecule has 0 bridgehead atoms. The summed E-state index contributed by atoms with van der Waals surface area (Å²) in [5.41, 5.74) is 2.93. The molecule has 1 aliphatic heterocycles. The number of hydrogen-bond donors (Lipinski definition) is 0. The second-order valence-electron chi connectivity index (χ2n) is 6.63. The lowest BCUT2D eigenvalue weighted by atomic mass is 9.86. The summed E-state index contributed by atoms with van der Waals surface area (Å²) in [6, 6.07) is 9.06. The van der Waals surface area contributed by atoms with Gasteiger partial charge < -0.3 is 9.30 Å². The van der Waals surface area contributed by atoms with Crippen LogP contribution in [0.2, 0.25) is 0 Å². The highest BCUT2D eigenvalue weighted by Crippen LogP contribution is 2.27. The molecule has 3 rings (SSSR count). The van der Waals surface area contributed by atoms with Gasteiger partial charge in [0.25, 0.3) is 0 Å². The van der Waals surface area contributed by atoms with E-state index in [4.69, 9.17) is 4.74 Å². The van der Waals surface area contributed by atoms with E-state index in [-0.39, 0.29) is 5.41 Å². The first kappa shape index (κ1) is 12.7. The van der Waals surface area contributed by atoms with Crippen LogP contribution in [0.1, 0.15) is 39.2 Å². The molecule has 19 heavy (non-hydrogen) atoms. The second kappa shape index (κ2) is 4.68. The van der Waals surface area contributed by atoms with Gasteiger partial charge in [-0.3, -0.25) is 0 Å². The fourth-order valence-corrected chi connectivity index (χ4v) is 2.83. The summed E-state index contributed by atoms with van der Waals surface area (Å²) < 4.78 is 8.06. The Morgan fingerprint density at radius 2 is 2.11 bits per heavy atom. The second-order valence-corrected chi connectivity index (χ2v) is 6.63. The van der Waals surface area contributed by atoms with Crippen LogP contribution < -0.4 is 0 Å². The van der Waals surface area contributed by atoms with Crippen molar-refractivity contribution in [3.63, 3.8) is 0 Å². The third kappa shape index (κ3) is 2.55. The van der Waals surface area contributed by atoms with Gasteiger partial charge in [0, 0.05) is 24.9 Å². The molecule has 1 atom stereocenters. The van der Waals surface area contributed by atoms with Gasteiger partial charge in [0.2, 0.25) is 0 Å². The van der Waals surface area contributed by atoms with Crippen LogP contribution >= 0.6 is 0 Å². The van der Waals surface area contributed by atoms with Gasteiger partial charge in [-0.05, 0) is 47.4 Å². The molecule has 0 amide bonds. The number of aromatic nitrogens is 1. The molecule has 0 N–H and O–H groups in total. The summed E-state index contributed by atoms with van der Waals surface area (Å²) in [7, 11) is 0. The van der Waals surface area contributed by atoms with Gasteiger partial charge in [0.05, 0.1) is 6.10 Å². The average Bonchev–Trinajstić information content (AvgIpc) is 2.98. The largest absolute Gasteiger partial charge is 0.376 e. The molecule has 1 aliphatic rings. The number of rotatable bonds is 2. The molecule has 2 heteroatoms. The van der Waals surface area contributed by atoms with Crippen LogP contribution in [-0.4, -0.2) is 17.3 Å². The molecule has 1 unspecified atom stereocenters. The minimum absolute atomic E-state index is 0.213. The Morgan fingerprint density at radius 3 is 2.79 bits per heavy atom. The van der Waals surface area contributed by atoms with Gasteiger partial charge in [-0.2, -0.15) is 0 Å². The maximum absolute atomic E-state index is 5.73. The van der Waals surface area contributed by atoms with Crippen molar-refractivity contribution in [2.24, 2.45) is 0 Å². The molecule has 0 spiro atoms. The fourth-order valence-electron chi connectivity index (χ4n) is 2.83. The van der Waals surface area contributed by atoms with Gasteiger partial charge in [-0.1, -0.05) is 26.8 Å². The van der Waals surface area contributed by atoms with Crippen molar-refractivity contribution < 1.29 is 4.74 Å². The number of benzene rings is 1. The summed E-state index contributed by atoms with van der Waals surface area (Å²) in [5, 5.41) is 1.34. The zero-order valence-corrected chi connectivity index (χ0v) is 12.1. The van der Waals surface area contributed by atoms with Crippen LogP contribution in [0.25, 0.3) is 10.9 Å². The number of fused-ring (bicyclic) bond motifs is 1. The van der Waals surface area contributed by atoms with Crippen molar-refractivity contribution in [2.45, 2.75) is 51.7 Å². The van der Waals surface area contributed by atoms with Crippen molar-refractivity contribution in [1.82, 2.24) is 4.57 Å². The minimum atomic E-state index is 0.213. The summed E-state index contributed by atoms with van der Waals surface area (Å²) in [5.74, 6) is 0. The first-order valence-corrected chi connectivity index (χ1v) is 7.25. The molecule has 0 aliphatic carbocycles. The van der Waals surface area contributed by atoms with Gasteiger partial charge in [0.15, 0.2) is 0 Å². The Balaban J connectivity index is 1.91. The molecule has 1 saturated heterocycles. The Labute approximate surface area is 115 Å². The standard InChI is InChI=1S/C17H23NO/c1-17(2,3)14-6-7-16-13(11-14)8-9-18(16)12-15-5-4-10-19-15/h6-9,11,15H,4-5,10,12H2,1-3H3. The van der Waals surface area contributed by atoms with E-state index in [1.807, 2.05) is 0 Å². The van der Waals surface area contributed by atoms with E-state index in [1.54, 1.807) is 0 Å². The smallest absolute Gasteiger partial charge is 0.0754 e. The van der Waals surface area contributed by atoms with Gasteiger partial charge in [-0.25, -0.2) is 0 Å². The lowest BCUT2D eigenvalue weighted by molar-refractivity contribution is 0.0980. The summed E-state index contributed by atoms with van der Waals surface area (Å²) in [6.45, 7) is 8.70. The van der Waals surface area contributed by atoms with Crippen molar-refractivity contribution in [2.75, 3.05) is 6.61 Å². The highest BCUT2D eigenvalue weighted by Gasteiger charge is 2.18. The van der Waals surface area contributed by atoms with Crippen molar-refractivity contribution in [3.8, 4) is 0 Å². The maximum Gasteiger partial charge on any atom is 0.0754 e. The summed E-state index contributed by atoms with van der Waals surface area (Å²) in [6.07, 6.45) is 4.99. The lowest BCUT2D eigenvalue weighted by Gasteiger charge is -2.19. The molecule has 0 saturated carbocycles. The highest BCUT2D eigenvalue weighted by atomic mass is 16.5. The van der Waals surface area contributed by atoms with Gasteiger partial charge in [0.1, 0.15) is 0 Å². The third-order valence-corrected chi connectivity index (χ3v) is 4.06. The normalized spacial score (nSPS) is 20.3. The van der Waals surface area contributed by atoms with Crippen LogP contribution in [0.4, 0.5) is 0 Å². The lowest BCUT2D eigenvalue weighted by Crippen LogP contribution is -2.14. The molecule has 2 heterocycles.